The van der Waals surface area contributed by atoms with Crippen LogP contribution in [0.1, 0.15) is 38.3 Å². The van der Waals surface area contributed by atoms with E-state index in [0.717, 1.165) is 23.2 Å². The Bertz CT molecular complexity index is 539. The van der Waals surface area contributed by atoms with Gasteiger partial charge in [-0.25, -0.2) is 0 Å². The summed E-state index contributed by atoms with van der Waals surface area (Å²) in [6.45, 7) is 5.19. The average molecular weight is 280 g/mol. The number of halogens is 1. The lowest BCUT2D eigenvalue weighted by Gasteiger charge is -2.23. The Morgan fingerprint density at radius 3 is 2.63 bits per heavy atom. The van der Waals surface area contributed by atoms with Crippen molar-refractivity contribution in [1.29, 1.82) is 0 Å². The summed E-state index contributed by atoms with van der Waals surface area (Å²) in [5, 5.41) is 0.676. The lowest BCUT2D eigenvalue weighted by molar-refractivity contribution is -0.117. The molecule has 0 fully saturated rings. The molecule has 1 atom stereocenters. The van der Waals surface area contributed by atoms with E-state index in [1.165, 1.54) is 0 Å². The lowest BCUT2D eigenvalue weighted by Crippen LogP contribution is -2.34. The number of carbonyl (C=O) groups is 2. The van der Waals surface area contributed by atoms with Gasteiger partial charge < -0.3 is 9.69 Å². The Morgan fingerprint density at radius 2 is 2.05 bits per heavy atom. The van der Waals surface area contributed by atoms with Gasteiger partial charge in [-0.2, -0.15) is 0 Å². The standard InChI is InChI=1S/C15H18ClNO2/c1-9-6-13-8-14(16)7-12(5-4-10(2)18)15(13)17(9)11(3)19/h7-9H,4-6H2,1-3H3. The van der Waals surface area contributed by atoms with Gasteiger partial charge in [0.05, 0.1) is 5.69 Å². The molecule has 0 spiro atoms. The van der Waals surface area contributed by atoms with Crippen LogP contribution in [0.5, 0.6) is 0 Å². The van der Waals surface area contributed by atoms with Crippen molar-refractivity contribution in [3.8, 4) is 0 Å². The molecule has 1 aliphatic heterocycles. The molecule has 0 N–H and O–H groups in total. The highest BCUT2D eigenvalue weighted by Gasteiger charge is 2.31. The molecule has 0 saturated carbocycles. The number of Topliss-reactive ketones (excluding diaryl/α,β-unsaturated/α-hetero) is 1. The van der Waals surface area contributed by atoms with Crippen LogP contribution in [0, 0.1) is 0 Å². The number of carbonyl (C=O) groups excluding carboxylic acids is 2. The number of hydrogen-bond donors (Lipinski definition) is 0. The van der Waals surface area contributed by atoms with Crippen LogP contribution in [0.3, 0.4) is 0 Å². The van der Waals surface area contributed by atoms with Gasteiger partial charge in [0.25, 0.3) is 0 Å². The molecule has 1 aliphatic rings. The number of fused-ring (bicyclic) bond motifs is 1. The number of nitrogens with zero attached hydrogens (tertiary/aromatic N) is 1. The summed E-state index contributed by atoms with van der Waals surface area (Å²) in [6.07, 6.45) is 1.93. The van der Waals surface area contributed by atoms with Crippen LogP contribution in [0.4, 0.5) is 5.69 Å². The van der Waals surface area contributed by atoms with Gasteiger partial charge in [0, 0.05) is 24.4 Å². The zero-order chi connectivity index (χ0) is 14.2. The molecule has 102 valence electrons. The van der Waals surface area contributed by atoms with E-state index in [1.54, 1.807) is 13.8 Å². The van der Waals surface area contributed by atoms with Crippen LogP contribution in [-0.4, -0.2) is 17.7 Å². The molecule has 0 bridgehead atoms. The highest BCUT2D eigenvalue weighted by atomic mass is 35.5. The van der Waals surface area contributed by atoms with E-state index in [9.17, 15) is 9.59 Å². The van der Waals surface area contributed by atoms with Crippen LogP contribution in [0.25, 0.3) is 0 Å². The van der Waals surface area contributed by atoms with E-state index >= 15 is 0 Å². The molecular formula is C15H18ClNO2. The fourth-order valence-electron chi connectivity index (χ4n) is 2.78. The van der Waals surface area contributed by atoms with Crippen LogP contribution in [0.15, 0.2) is 12.1 Å². The summed E-state index contributed by atoms with van der Waals surface area (Å²) in [4.78, 5) is 24.8. The molecule has 3 nitrogen and oxygen atoms in total. The number of aryl methyl sites for hydroxylation is 1. The third kappa shape index (κ3) is 2.81. The maximum Gasteiger partial charge on any atom is 0.224 e. The minimum atomic E-state index is 0.0395. The molecule has 1 unspecified atom stereocenters. The molecular weight excluding hydrogens is 262 g/mol. The quantitative estimate of drug-likeness (QED) is 0.852. The normalized spacial score (nSPS) is 17.5. The second-order valence-corrected chi connectivity index (χ2v) is 5.65. The van der Waals surface area contributed by atoms with Gasteiger partial charge in [-0.1, -0.05) is 11.6 Å². The first-order chi connectivity index (χ1) is 8.90. The topological polar surface area (TPSA) is 37.4 Å². The van der Waals surface area contributed by atoms with E-state index < -0.39 is 0 Å². The van der Waals surface area contributed by atoms with Gasteiger partial charge in [0.15, 0.2) is 0 Å². The predicted octanol–water partition coefficient (Wildman–Crippen LogP) is 3.16. The summed E-state index contributed by atoms with van der Waals surface area (Å²) in [6, 6.07) is 3.95. The van der Waals surface area contributed by atoms with E-state index in [0.29, 0.717) is 17.9 Å². The molecule has 0 radical (unpaired) electrons. The van der Waals surface area contributed by atoms with Crippen molar-refractivity contribution in [2.75, 3.05) is 4.90 Å². The van der Waals surface area contributed by atoms with Gasteiger partial charge in [-0.3, -0.25) is 4.79 Å². The average Bonchev–Trinajstić information content (AvgIpc) is 2.61. The summed E-state index contributed by atoms with van der Waals surface area (Å²) in [5.74, 6) is 0.187. The highest BCUT2D eigenvalue weighted by molar-refractivity contribution is 6.31. The Balaban J connectivity index is 2.44. The first kappa shape index (κ1) is 14.1. The predicted molar refractivity (Wildman–Crippen MR) is 76.8 cm³/mol. The van der Waals surface area contributed by atoms with Crippen molar-refractivity contribution in [3.05, 3.63) is 28.3 Å². The third-order valence-corrected chi connectivity index (χ3v) is 3.73. The van der Waals surface area contributed by atoms with E-state index in [-0.39, 0.29) is 17.7 Å². The molecule has 0 aromatic heterocycles. The Hall–Kier alpha value is -1.35. The molecule has 1 aromatic rings. The number of amides is 1. The summed E-state index contributed by atoms with van der Waals surface area (Å²) >= 11 is 6.13. The van der Waals surface area contributed by atoms with Crippen molar-refractivity contribution in [2.24, 2.45) is 0 Å². The highest BCUT2D eigenvalue weighted by Crippen LogP contribution is 2.38. The zero-order valence-corrected chi connectivity index (χ0v) is 12.3. The SMILES string of the molecule is CC(=O)CCc1cc(Cl)cc2c1N(C(C)=O)C(C)C2. The second kappa shape index (κ2) is 5.33. The number of benzene rings is 1. The number of ketones is 1. The molecule has 1 heterocycles. The van der Waals surface area contributed by atoms with Crippen molar-refractivity contribution < 1.29 is 9.59 Å². The van der Waals surface area contributed by atoms with Crippen LogP contribution >= 0.6 is 11.6 Å². The number of anilines is 1. The van der Waals surface area contributed by atoms with Gasteiger partial charge in [-0.05, 0) is 49.9 Å². The monoisotopic (exact) mass is 279 g/mol. The van der Waals surface area contributed by atoms with Gasteiger partial charge in [-0.15, -0.1) is 0 Å². The van der Waals surface area contributed by atoms with E-state index in [1.807, 2.05) is 24.0 Å². The molecule has 1 amide bonds. The number of hydrogen-bond acceptors (Lipinski definition) is 2. The van der Waals surface area contributed by atoms with Crippen LogP contribution in [-0.2, 0) is 22.4 Å². The molecule has 1 aromatic carbocycles. The van der Waals surface area contributed by atoms with Gasteiger partial charge >= 0.3 is 0 Å². The smallest absolute Gasteiger partial charge is 0.224 e. The van der Waals surface area contributed by atoms with Gasteiger partial charge in [0.2, 0.25) is 5.91 Å². The first-order valence-corrected chi connectivity index (χ1v) is 6.88. The van der Waals surface area contributed by atoms with Gasteiger partial charge in [0.1, 0.15) is 5.78 Å². The second-order valence-electron chi connectivity index (χ2n) is 5.22. The van der Waals surface area contributed by atoms with Crippen molar-refractivity contribution in [3.63, 3.8) is 0 Å². The summed E-state index contributed by atoms with van der Waals surface area (Å²) in [5.41, 5.74) is 3.07. The van der Waals surface area contributed by atoms with Crippen LogP contribution < -0.4 is 4.90 Å². The minimum Gasteiger partial charge on any atom is -0.309 e. The van der Waals surface area contributed by atoms with Crippen molar-refractivity contribution in [1.82, 2.24) is 0 Å². The van der Waals surface area contributed by atoms with Crippen molar-refractivity contribution in [2.45, 2.75) is 46.1 Å². The zero-order valence-electron chi connectivity index (χ0n) is 11.5. The Kier molecular flexibility index (Phi) is 3.95. The van der Waals surface area contributed by atoms with E-state index in [2.05, 4.69) is 0 Å². The minimum absolute atomic E-state index is 0.0395. The molecule has 19 heavy (non-hydrogen) atoms. The third-order valence-electron chi connectivity index (χ3n) is 3.52. The maximum absolute atomic E-state index is 11.8. The van der Waals surface area contributed by atoms with E-state index in [4.69, 9.17) is 11.6 Å². The first-order valence-electron chi connectivity index (χ1n) is 6.50. The molecule has 0 saturated heterocycles. The Labute approximate surface area is 118 Å². The lowest BCUT2D eigenvalue weighted by atomic mass is 10.0. The molecule has 4 heteroatoms. The van der Waals surface area contributed by atoms with Crippen LogP contribution in [0.2, 0.25) is 5.02 Å². The molecule has 2 rings (SSSR count). The summed E-state index contributed by atoms with van der Waals surface area (Å²) < 4.78 is 0. The fourth-order valence-corrected chi connectivity index (χ4v) is 3.04. The number of rotatable bonds is 3. The fraction of sp³-hybridized carbons (Fsp3) is 0.467. The molecule has 0 aliphatic carbocycles. The van der Waals surface area contributed by atoms with Crippen molar-refractivity contribution >= 4 is 29.0 Å². The maximum atomic E-state index is 11.8. The Morgan fingerprint density at radius 1 is 1.37 bits per heavy atom. The summed E-state index contributed by atoms with van der Waals surface area (Å²) in [7, 11) is 0. The largest absolute Gasteiger partial charge is 0.309 e.